The second kappa shape index (κ2) is 8.32. The van der Waals surface area contributed by atoms with E-state index >= 15 is 0 Å². The lowest BCUT2D eigenvalue weighted by molar-refractivity contribution is 0.102. The fourth-order valence-corrected chi connectivity index (χ4v) is 5.06. The number of hydrogen-bond donors (Lipinski definition) is 0. The van der Waals surface area contributed by atoms with E-state index in [-0.39, 0.29) is 5.78 Å². The predicted molar refractivity (Wildman–Crippen MR) is 105 cm³/mol. The van der Waals surface area contributed by atoms with Gasteiger partial charge in [-0.05, 0) is 58.9 Å². The lowest BCUT2D eigenvalue weighted by atomic mass is 9.97. The summed E-state index contributed by atoms with van der Waals surface area (Å²) in [7, 11) is 0. The van der Waals surface area contributed by atoms with Gasteiger partial charge in [-0.2, -0.15) is 0 Å². The van der Waals surface area contributed by atoms with Crippen LogP contribution in [-0.4, -0.2) is 26.3 Å². The van der Waals surface area contributed by atoms with E-state index in [2.05, 4.69) is 34.7 Å². The van der Waals surface area contributed by atoms with Gasteiger partial charge < -0.3 is 4.57 Å². The minimum atomic E-state index is 0.175. The monoisotopic (exact) mass is 375 g/mol. The van der Waals surface area contributed by atoms with Crippen LogP contribution in [0.1, 0.15) is 58.9 Å². The first-order valence-corrected chi connectivity index (χ1v) is 10.7. The smallest absolute Gasteiger partial charge is 0.174 e. The van der Waals surface area contributed by atoms with Crippen LogP contribution in [0.2, 0.25) is 0 Å². The maximum absolute atomic E-state index is 12.6. The average Bonchev–Trinajstić information content (AvgIpc) is 3.15. The molecule has 0 unspecified atom stereocenters. The summed E-state index contributed by atoms with van der Waals surface area (Å²) in [6.07, 6.45) is 8.62. The second-order valence-corrected chi connectivity index (χ2v) is 9.00. The van der Waals surface area contributed by atoms with Crippen LogP contribution in [0.25, 0.3) is 0 Å². The lowest BCUT2D eigenvalue weighted by Crippen LogP contribution is -2.08. The maximum Gasteiger partial charge on any atom is 0.174 e. The first-order valence-electron chi connectivity index (χ1n) is 8.85. The zero-order chi connectivity index (χ0) is 17.8. The fraction of sp³-hybridized carbons (Fsp3) is 0.526. The largest absolute Gasteiger partial charge is 0.348 e. The highest BCUT2D eigenvalue weighted by molar-refractivity contribution is 8.01. The molecule has 25 heavy (non-hydrogen) atoms. The summed E-state index contributed by atoms with van der Waals surface area (Å²) < 4.78 is 3.16. The Balaban J connectivity index is 1.63. The molecule has 134 valence electrons. The fourth-order valence-electron chi connectivity index (χ4n) is 3.36. The number of thioether (sulfide) groups is 1. The molecule has 0 saturated carbocycles. The van der Waals surface area contributed by atoms with E-state index in [0.717, 1.165) is 33.6 Å². The summed E-state index contributed by atoms with van der Waals surface area (Å²) in [5.74, 6) is 0.596. The zero-order valence-electron chi connectivity index (χ0n) is 15.2. The molecule has 0 amide bonds. The van der Waals surface area contributed by atoms with Gasteiger partial charge in [0.05, 0.1) is 5.75 Å². The summed E-state index contributed by atoms with van der Waals surface area (Å²) in [4.78, 5) is 12.6. The van der Waals surface area contributed by atoms with Crippen molar-refractivity contribution >= 4 is 28.9 Å². The Morgan fingerprint density at radius 1 is 1.28 bits per heavy atom. The van der Waals surface area contributed by atoms with Crippen molar-refractivity contribution in [3.63, 3.8) is 0 Å². The minimum Gasteiger partial charge on any atom is -0.348 e. The average molecular weight is 376 g/mol. The van der Waals surface area contributed by atoms with Gasteiger partial charge in [-0.3, -0.25) is 4.79 Å². The molecule has 1 aliphatic carbocycles. The Morgan fingerprint density at radius 2 is 2.12 bits per heavy atom. The molecule has 0 bridgehead atoms. The molecule has 0 N–H and O–H groups in total. The third kappa shape index (κ3) is 4.61. The van der Waals surface area contributed by atoms with Crippen LogP contribution in [-0.2, 0) is 6.54 Å². The van der Waals surface area contributed by atoms with Crippen LogP contribution in [0.5, 0.6) is 0 Å². The van der Waals surface area contributed by atoms with Crippen molar-refractivity contribution in [3.8, 4) is 0 Å². The van der Waals surface area contributed by atoms with Gasteiger partial charge in [-0.15, -0.1) is 10.2 Å². The minimum absolute atomic E-state index is 0.175. The van der Waals surface area contributed by atoms with Crippen molar-refractivity contribution in [2.24, 2.45) is 0 Å². The number of nitrogens with zero attached hydrogens (tertiary/aromatic N) is 3. The van der Waals surface area contributed by atoms with E-state index in [1.165, 1.54) is 54.5 Å². The maximum atomic E-state index is 12.6. The topological polar surface area (TPSA) is 47.8 Å². The Kier molecular flexibility index (Phi) is 6.12. The molecule has 2 aromatic rings. The Morgan fingerprint density at radius 3 is 2.80 bits per heavy atom. The summed E-state index contributed by atoms with van der Waals surface area (Å²) in [6, 6.07) is 2.04. The lowest BCUT2D eigenvalue weighted by Gasteiger charge is -2.15. The van der Waals surface area contributed by atoms with Gasteiger partial charge in [0.1, 0.15) is 5.01 Å². The zero-order valence-corrected chi connectivity index (χ0v) is 16.8. The number of hydrogen-bond acceptors (Lipinski definition) is 5. The molecule has 6 heteroatoms. The van der Waals surface area contributed by atoms with Crippen molar-refractivity contribution < 1.29 is 4.79 Å². The number of allylic oxidation sites excluding steroid dienone is 2. The van der Waals surface area contributed by atoms with Crippen LogP contribution in [0.15, 0.2) is 22.1 Å². The predicted octanol–water partition coefficient (Wildman–Crippen LogP) is 5.13. The molecule has 0 spiro atoms. The highest BCUT2D eigenvalue weighted by atomic mass is 32.2. The summed E-state index contributed by atoms with van der Waals surface area (Å²) in [6.45, 7) is 7.06. The van der Waals surface area contributed by atoms with Crippen molar-refractivity contribution in [1.29, 1.82) is 0 Å². The number of carbonyl (C=O) groups excluding carboxylic acids is 1. The molecular weight excluding hydrogens is 350 g/mol. The van der Waals surface area contributed by atoms with Gasteiger partial charge in [0.25, 0.3) is 0 Å². The Hall–Kier alpha value is -1.40. The molecule has 0 fully saturated rings. The van der Waals surface area contributed by atoms with Crippen LogP contribution < -0.4 is 0 Å². The van der Waals surface area contributed by atoms with Gasteiger partial charge in [0.2, 0.25) is 0 Å². The van der Waals surface area contributed by atoms with E-state index in [1.807, 2.05) is 13.0 Å². The Labute approximate surface area is 157 Å². The summed E-state index contributed by atoms with van der Waals surface area (Å²) in [5, 5.41) is 9.01. The van der Waals surface area contributed by atoms with Crippen LogP contribution in [0.4, 0.5) is 0 Å². The standard InChI is InChI=1S/C19H25N3OS2/c1-13-11-17(18(23)12-24-19-21-20-15(3)25-19)14(2)22(13)10-9-16-7-5-4-6-8-16/h7,11H,4-6,8-10,12H2,1-3H3. The number of rotatable bonds is 7. The molecule has 0 radical (unpaired) electrons. The van der Waals surface area contributed by atoms with Crippen LogP contribution in [0.3, 0.4) is 0 Å². The van der Waals surface area contributed by atoms with Gasteiger partial charge in [-0.25, -0.2) is 0 Å². The second-order valence-electron chi connectivity index (χ2n) is 6.59. The van der Waals surface area contributed by atoms with Crippen LogP contribution >= 0.6 is 23.1 Å². The number of aryl methyl sites for hydroxylation is 2. The third-order valence-corrected chi connectivity index (χ3v) is 6.72. The third-order valence-electron chi connectivity index (χ3n) is 4.75. The van der Waals surface area contributed by atoms with Gasteiger partial charge in [-0.1, -0.05) is 34.7 Å². The van der Waals surface area contributed by atoms with Crippen molar-refractivity contribution in [2.45, 2.75) is 63.8 Å². The number of ketones is 1. The first-order chi connectivity index (χ1) is 12.0. The molecule has 1 aliphatic rings. The molecule has 0 aliphatic heterocycles. The van der Waals surface area contributed by atoms with Gasteiger partial charge >= 0.3 is 0 Å². The molecule has 0 saturated heterocycles. The first kappa shape index (κ1) is 18.4. The number of Topliss-reactive ketones (excluding diaryl/α,β-unsaturated/α-hetero) is 1. The van der Waals surface area contributed by atoms with Crippen LogP contribution in [0, 0.1) is 20.8 Å². The number of aromatic nitrogens is 3. The Bertz CT molecular complexity index is 789. The van der Waals surface area contributed by atoms with E-state index in [0.29, 0.717) is 5.75 Å². The van der Waals surface area contributed by atoms with Gasteiger partial charge in [0.15, 0.2) is 10.1 Å². The number of carbonyl (C=O) groups is 1. The van der Waals surface area contributed by atoms with Crippen molar-refractivity contribution in [2.75, 3.05) is 5.75 Å². The molecule has 2 heterocycles. The molecule has 2 aromatic heterocycles. The highest BCUT2D eigenvalue weighted by Crippen LogP contribution is 2.26. The normalized spacial score (nSPS) is 14.6. The van der Waals surface area contributed by atoms with E-state index in [9.17, 15) is 4.79 Å². The summed E-state index contributed by atoms with van der Waals surface area (Å²) >= 11 is 3.02. The van der Waals surface area contributed by atoms with E-state index in [1.54, 1.807) is 5.57 Å². The molecule has 3 rings (SSSR count). The SMILES string of the molecule is Cc1nnc(SCC(=O)c2cc(C)n(CCC3=CCCCC3)c2C)s1. The molecule has 0 atom stereocenters. The molecular formula is C19H25N3OS2. The van der Waals surface area contributed by atoms with E-state index in [4.69, 9.17) is 0 Å². The summed E-state index contributed by atoms with van der Waals surface area (Å²) in [5.41, 5.74) is 4.69. The molecule has 4 nitrogen and oxygen atoms in total. The van der Waals surface area contributed by atoms with Crippen molar-refractivity contribution in [3.05, 3.63) is 39.7 Å². The van der Waals surface area contributed by atoms with Gasteiger partial charge in [0, 0.05) is 23.5 Å². The molecule has 0 aromatic carbocycles. The van der Waals surface area contributed by atoms with Crippen molar-refractivity contribution in [1.82, 2.24) is 14.8 Å². The highest BCUT2D eigenvalue weighted by Gasteiger charge is 2.17. The quantitative estimate of drug-likeness (QED) is 0.382. The van der Waals surface area contributed by atoms with E-state index < -0.39 is 0 Å².